The van der Waals surface area contributed by atoms with Crippen LogP contribution >= 0.6 is 11.6 Å². The Morgan fingerprint density at radius 3 is 2.90 bits per heavy atom. The van der Waals surface area contributed by atoms with Gasteiger partial charge in [0, 0.05) is 23.5 Å². The fourth-order valence-electron chi connectivity index (χ4n) is 3.45. The molecule has 0 amide bonds. The van der Waals surface area contributed by atoms with Crippen molar-refractivity contribution in [3.8, 4) is 0 Å². The second-order valence-corrected chi connectivity index (χ2v) is 6.16. The summed E-state index contributed by atoms with van der Waals surface area (Å²) in [6, 6.07) is 6.03. The Hall–Kier alpha value is -1.06. The smallest absolute Gasteiger partial charge is 0.117 e. The molecule has 2 heterocycles. The molecule has 1 aliphatic heterocycles. The fourth-order valence-corrected chi connectivity index (χ4v) is 3.61. The van der Waals surface area contributed by atoms with E-state index in [9.17, 15) is 0 Å². The van der Waals surface area contributed by atoms with Crippen molar-refractivity contribution in [2.75, 3.05) is 13.1 Å². The van der Waals surface area contributed by atoms with Crippen LogP contribution in [-0.2, 0) is 12.0 Å². The van der Waals surface area contributed by atoms with E-state index >= 15 is 0 Å². The van der Waals surface area contributed by atoms with Crippen molar-refractivity contribution in [3.63, 3.8) is 0 Å². The molecule has 108 valence electrons. The van der Waals surface area contributed by atoms with Gasteiger partial charge in [-0.05, 0) is 50.9 Å². The molecule has 1 aromatic carbocycles. The minimum Gasteiger partial charge on any atom is -0.328 e. The maximum Gasteiger partial charge on any atom is 0.117 e. The number of imidazole rings is 1. The van der Waals surface area contributed by atoms with Crippen molar-refractivity contribution in [1.29, 1.82) is 0 Å². The van der Waals surface area contributed by atoms with Crippen LogP contribution in [-0.4, -0.2) is 22.6 Å². The molecular weight excluding hydrogens is 270 g/mol. The quantitative estimate of drug-likeness (QED) is 0.933. The number of piperidine rings is 1. The Balaban J connectivity index is 2.18. The molecule has 0 aliphatic carbocycles. The van der Waals surface area contributed by atoms with Crippen molar-refractivity contribution in [1.82, 2.24) is 14.9 Å². The van der Waals surface area contributed by atoms with E-state index in [2.05, 4.69) is 29.8 Å². The minimum atomic E-state index is 0.166. The summed E-state index contributed by atoms with van der Waals surface area (Å²) in [5, 5.41) is 4.31. The summed E-state index contributed by atoms with van der Waals surface area (Å²) in [5.41, 5.74) is 2.39. The highest BCUT2D eigenvalue weighted by Crippen LogP contribution is 2.36. The predicted molar refractivity (Wildman–Crippen MR) is 84.5 cm³/mol. The largest absolute Gasteiger partial charge is 0.328 e. The maximum atomic E-state index is 6.12. The summed E-state index contributed by atoms with van der Waals surface area (Å²) in [5.74, 6) is 1.23. The van der Waals surface area contributed by atoms with E-state index in [-0.39, 0.29) is 5.41 Å². The SMILES string of the molecule is CCn1c(C2(CC)CCCNC2)nc2cc(Cl)ccc21. The standard InChI is InChI=1S/C16H22ClN3/c1-3-16(8-5-9-18-11-16)15-19-13-10-12(17)6-7-14(13)20(15)4-2/h6-7,10,18H,3-5,8-9,11H2,1-2H3. The number of hydrogen-bond donors (Lipinski definition) is 1. The van der Waals surface area contributed by atoms with Gasteiger partial charge in [0.1, 0.15) is 5.82 Å². The number of fused-ring (bicyclic) bond motifs is 1. The highest BCUT2D eigenvalue weighted by Gasteiger charge is 2.36. The number of rotatable bonds is 3. The summed E-state index contributed by atoms with van der Waals surface area (Å²) < 4.78 is 2.36. The van der Waals surface area contributed by atoms with E-state index in [4.69, 9.17) is 16.6 Å². The van der Waals surface area contributed by atoms with E-state index < -0.39 is 0 Å². The molecule has 0 bridgehead atoms. The van der Waals surface area contributed by atoms with Crippen LogP contribution in [0.2, 0.25) is 5.02 Å². The third-order valence-electron chi connectivity index (χ3n) is 4.65. The molecule has 0 saturated carbocycles. The normalized spacial score (nSPS) is 23.4. The van der Waals surface area contributed by atoms with Crippen molar-refractivity contribution < 1.29 is 0 Å². The number of aromatic nitrogens is 2. The molecular formula is C16H22ClN3. The van der Waals surface area contributed by atoms with Crippen LogP contribution in [0.4, 0.5) is 0 Å². The van der Waals surface area contributed by atoms with Crippen LogP contribution in [0.1, 0.15) is 38.9 Å². The molecule has 1 atom stereocenters. The molecule has 4 heteroatoms. The number of benzene rings is 1. The van der Waals surface area contributed by atoms with Gasteiger partial charge in [0.2, 0.25) is 0 Å². The number of hydrogen-bond acceptors (Lipinski definition) is 2. The van der Waals surface area contributed by atoms with E-state index in [0.29, 0.717) is 0 Å². The van der Waals surface area contributed by atoms with Crippen LogP contribution in [0.15, 0.2) is 18.2 Å². The van der Waals surface area contributed by atoms with Gasteiger partial charge in [-0.2, -0.15) is 0 Å². The number of nitrogens with one attached hydrogen (secondary N) is 1. The Bertz CT molecular complexity index is 611. The summed E-state index contributed by atoms with van der Waals surface area (Å²) in [4.78, 5) is 4.95. The van der Waals surface area contributed by atoms with E-state index in [1.165, 1.54) is 24.2 Å². The lowest BCUT2D eigenvalue weighted by Gasteiger charge is -2.36. The minimum absolute atomic E-state index is 0.166. The molecule has 3 nitrogen and oxygen atoms in total. The van der Waals surface area contributed by atoms with Gasteiger partial charge in [-0.3, -0.25) is 0 Å². The zero-order valence-electron chi connectivity index (χ0n) is 12.2. The molecule has 2 aromatic rings. The molecule has 20 heavy (non-hydrogen) atoms. The van der Waals surface area contributed by atoms with Gasteiger partial charge >= 0.3 is 0 Å². The van der Waals surface area contributed by atoms with E-state index in [1.807, 2.05) is 12.1 Å². The highest BCUT2D eigenvalue weighted by atomic mass is 35.5. The first kappa shape index (κ1) is 13.9. The Morgan fingerprint density at radius 1 is 1.40 bits per heavy atom. The van der Waals surface area contributed by atoms with Gasteiger partial charge in [0.25, 0.3) is 0 Å². The molecule has 1 saturated heterocycles. The molecule has 1 fully saturated rings. The van der Waals surface area contributed by atoms with Crippen molar-refractivity contribution >= 4 is 22.6 Å². The first-order valence-corrected chi connectivity index (χ1v) is 7.95. The van der Waals surface area contributed by atoms with E-state index in [0.717, 1.165) is 36.6 Å². The lowest BCUT2D eigenvalue weighted by molar-refractivity contribution is 0.280. The van der Waals surface area contributed by atoms with Gasteiger partial charge in [-0.25, -0.2) is 4.98 Å². The van der Waals surface area contributed by atoms with Crippen LogP contribution in [0.3, 0.4) is 0 Å². The molecule has 3 rings (SSSR count). The van der Waals surface area contributed by atoms with Crippen LogP contribution in [0.5, 0.6) is 0 Å². The fraction of sp³-hybridized carbons (Fsp3) is 0.562. The first-order valence-electron chi connectivity index (χ1n) is 7.57. The molecule has 0 radical (unpaired) electrons. The predicted octanol–water partition coefficient (Wildman–Crippen LogP) is 3.74. The van der Waals surface area contributed by atoms with Crippen molar-refractivity contribution in [2.45, 2.75) is 45.1 Å². The van der Waals surface area contributed by atoms with Crippen LogP contribution in [0, 0.1) is 0 Å². The lowest BCUT2D eigenvalue weighted by atomic mass is 9.77. The van der Waals surface area contributed by atoms with Gasteiger partial charge in [0.15, 0.2) is 0 Å². The summed E-state index contributed by atoms with van der Waals surface area (Å²) in [6.07, 6.45) is 3.56. The third-order valence-corrected chi connectivity index (χ3v) is 4.88. The molecule has 1 aromatic heterocycles. The highest BCUT2D eigenvalue weighted by molar-refractivity contribution is 6.31. The van der Waals surface area contributed by atoms with Gasteiger partial charge in [0.05, 0.1) is 11.0 Å². The summed E-state index contributed by atoms with van der Waals surface area (Å²) in [7, 11) is 0. The first-order chi connectivity index (χ1) is 9.70. The average molecular weight is 292 g/mol. The van der Waals surface area contributed by atoms with E-state index in [1.54, 1.807) is 0 Å². The second kappa shape index (κ2) is 5.38. The Kier molecular flexibility index (Phi) is 3.74. The topological polar surface area (TPSA) is 29.9 Å². The summed E-state index contributed by atoms with van der Waals surface area (Å²) >= 11 is 6.12. The van der Waals surface area contributed by atoms with Gasteiger partial charge < -0.3 is 9.88 Å². The molecule has 1 unspecified atom stereocenters. The number of nitrogens with zero attached hydrogens (tertiary/aromatic N) is 2. The average Bonchev–Trinajstić information content (AvgIpc) is 2.86. The Morgan fingerprint density at radius 2 is 2.25 bits per heavy atom. The van der Waals surface area contributed by atoms with Gasteiger partial charge in [-0.15, -0.1) is 0 Å². The molecule has 0 spiro atoms. The van der Waals surface area contributed by atoms with Crippen molar-refractivity contribution in [2.24, 2.45) is 0 Å². The third kappa shape index (κ3) is 2.13. The summed E-state index contributed by atoms with van der Waals surface area (Å²) in [6.45, 7) is 7.58. The number of aryl methyl sites for hydroxylation is 1. The Labute approximate surface area is 125 Å². The lowest BCUT2D eigenvalue weighted by Crippen LogP contribution is -2.44. The zero-order chi connectivity index (χ0) is 14.2. The second-order valence-electron chi connectivity index (χ2n) is 5.73. The maximum absolute atomic E-state index is 6.12. The van der Waals surface area contributed by atoms with Crippen LogP contribution in [0.25, 0.3) is 11.0 Å². The van der Waals surface area contributed by atoms with Crippen LogP contribution < -0.4 is 5.32 Å². The molecule has 1 aliphatic rings. The van der Waals surface area contributed by atoms with Crippen molar-refractivity contribution in [3.05, 3.63) is 29.0 Å². The monoisotopic (exact) mass is 291 g/mol. The zero-order valence-corrected chi connectivity index (χ0v) is 13.0. The number of halogens is 1. The van der Waals surface area contributed by atoms with Gasteiger partial charge in [-0.1, -0.05) is 18.5 Å². The molecule has 1 N–H and O–H groups in total.